The Hall–Kier alpha value is -2.04. The maximum absolute atomic E-state index is 12.8. The van der Waals surface area contributed by atoms with E-state index in [1.165, 1.54) is 24.4 Å². The largest absolute Gasteiger partial charge is 0.287 e. The smallest absolute Gasteiger partial charge is 0.215 e. The summed E-state index contributed by atoms with van der Waals surface area (Å²) in [5.41, 5.74) is 1.25. The molecule has 5 heteroatoms. The van der Waals surface area contributed by atoms with Crippen LogP contribution in [0.15, 0.2) is 24.4 Å². The summed E-state index contributed by atoms with van der Waals surface area (Å²) in [6.07, 6.45) is 1.34. The molecule has 2 aromatic rings. The van der Waals surface area contributed by atoms with Crippen LogP contribution in [-0.2, 0) is 0 Å². The second kappa shape index (κ2) is 3.61. The molecule has 1 aromatic heterocycles. The van der Waals surface area contributed by atoms with E-state index < -0.39 is 0 Å². The summed E-state index contributed by atoms with van der Waals surface area (Å²) in [5, 5.41) is 9.58. The maximum Gasteiger partial charge on any atom is 0.215 e. The number of nitrogens with one attached hydrogen (secondary N) is 1. The molecule has 4 nitrogen and oxygen atoms in total. The Bertz CT molecular complexity index is 493. The third-order valence-corrected chi connectivity index (χ3v) is 2.08. The van der Waals surface area contributed by atoms with E-state index in [1.54, 1.807) is 6.92 Å². The normalized spacial score (nSPS) is 10.3. The molecule has 0 saturated heterocycles. The minimum atomic E-state index is -0.357. The number of hydrogen-bond acceptors (Lipinski definition) is 3. The van der Waals surface area contributed by atoms with Crippen LogP contribution < -0.4 is 0 Å². The van der Waals surface area contributed by atoms with Gasteiger partial charge in [-0.05, 0) is 30.7 Å². The Kier molecular flexibility index (Phi) is 2.29. The summed E-state index contributed by atoms with van der Waals surface area (Å²) in [5.74, 6) is -0.620. The molecule has 1 aromatic carbocycles. The number of carbonyl (C=O) groups is 1. The van der Waals surface area contributed by atoms with Gasteiger partial charge in [-0.15, -0.1) is 0 Å². The molecule has 1 heterocycles. The number of H-pyrrole nitrogens is 1. The van der Waals surface area contributed by atoms with Crippen molar-refractivity contribution in [2.75, 3.05) is 0 Å². The second-order valence-corrected chi connectivity index (χ2v) is 3.14. The second-order valence-electron chi connectivity index (χ2n) is 3.14. The molecule has 0 spiro atoms. The summed E-state index contributed by atoms with van der Waals surface area (Å²) >= 11 is 0. The summed E-state index contributed by atoms with van der Waals surface area (Å²) < 4.78 is 12.8. The molecule has 0 aliphatic rings. The number of rotatable bonds is 2. The molecule has 0 unspecified atom stereocenters. The van der Waals surface area contributed by atoms with Crippen molar-refractivity contribution in [3.8, 4) is 0 Å². The van der Waals surface area contributed by atoms with Gasteiger partial charge in [-0.1, -0.05) is 0 Å². The average molecular weight is 205 g/mol. The van der Waals surface area contributed by atoms with E-state index in [4.69, 9.17) is 0 Å². The number of aryl methyl sites for hydroxylation is 1. The monoisotopic (exact) mass is 205 g/mol. The first-order valence-corrected chi connectivity index (χ1v) is 4.35. The summed E-state index contributed by atoms with van der Waals surface area (Å²) in [6, 6.07) is 4.01. The van der Waals surface area contributed by atoms with E-state index in [0.717, 1.165) is 0 Å². The number of nitrogens with zero attached hydrogens (tertiary/aromatic N) is 2. The van der Waals surface area contributed by atoms with Crippen LogP contribution in [0.3, 0.4) is 0 Å². The van der Waals surface area contributed by atoms with Gasteiger partial charge >= 0.3 is 0 Å². The van der Waals surface area contributed by atoms with Gasteiger partial charge < -0.3 is 0 Å². The van der Waals surface area contributed by atoms with Crippen LogP contribution in [0.4, 0.5) is 4.39 Å². The van der Waals surface area contributed by atoms with E-state index in [2.05, 4.69) is 15.4 Å². The zero-order valence-corrected chi connectivity index (χ0v) is 7.99. The summed E-state index contributed by atoms with van der Waals surface area (Å²) in [4.78, 5) is 11.8. The molecule has 2 rings (SSSR count). The van der Waals surface area contributed by atoms with Crippen molar-refractivity contribution >= 4 is 5.78 Å². The van der Waals surface area contributed by atoms with Crippen LogP contribution in [0.25, 0.3) is 0 Å². The fourth-order valence-electron chi connectivity index (χ4n) is 1.33. The topological polar surface area (TPSA) is 58.6 Å². The Morgan fingerprint density at radius 2 is 2.27 bits per heavy atom. The predicted octanol–water partition coefficient (Wildman–Crippen LogP) is 1.48. The van der Waals surface area contributed by atoms with E-state index in [0.29, 0.717) is 11.1 Å². The Labute approximate surface area is 85.1 Å². The van der Waals surface area contributed by atoms with Gasteiger partial charge in [0.05, 0.1) is 6.20 Å². The first kappa shape index (κ1) is 9.51. The molecule has 0 fully saturated rings. The van der Waals surface area contributed by atoms with Gasteiger partial charge in [-0.3, -0.25) is 4.79 Å². The van der Waals surface area contributed by atoms with Gasteiger partial charge in [0.15, 0.2) is 5.69 Å². The number of hydrogen-bond donors (Lipinski definition) is 1. The zero-order chi connectivity index (χ0) is 10.8. The highest BCUT2D eigenvalue weighted by atomic mass is 19.1. The van der Waals surface area contributed by atoms with Crippen molar-refractivity contribution in [2.24, 2.45) is 0 Å². The summed E-state index contributed by atoms with van der Waals surface area (Å²) in [6.45, 7) is 1.68. The predicted molar refractivity (Wildman–Crippen MR) is 51.0 cm³/mol. The Morgan fingerprint density at radius 1 is 1.47 bits per heavy atom. The lowest BCUT2D eigenvalue weighted by Gasteiger charge is -2.01. The van der Waals surface area contributed by atoms with Gasteiger partial charge in [0.1, 0.15) is 5.82 Å². The van der Waals surface area contributed by atoms with Crippen molar-refractivity contribution < 1.29 is 9.18 Å². The molecule has 0 atom stereocenters. The minimum absolute atomic E-state index is 0.227. The van der Waals surface area contributed by atoms with E-state index in [9.17, 15) is 9.18 Å². The first-order valence-electron chi connectivity index (χ1n) is 4.35. The molecule has 0 bridgehead atoms. The number of carbonyl (C=O) groups excluding carboxylic acids is 1. The number of aromatic amines is 1. The molecular weight excluding hydrogens is 197 g/mol. The van der Waals surface area contributed by atoms with Crippen molar-refractivity contribution in [1.82, 2.24) is 15.4 Å². The first-order chi connectivity index (χ1) is 7.18. The summed E-state index contributed by atoms with van der Waals surface area (Å²) in [7, 11) is 0. The molecule has 0 saturated carbocycles. The Balaban J connectivity index is 2.42. The SMILES string of the molecule is Cc1cc(F)ccc1C(=O)c1cn[nH]n1. The molecule has 15 heavy (non-hydrogen) atoms. The third-order valence-electron chi connectivity index (χ3n) is 2.08. The fraction of sp³-hybridized carbons (Fsp3) is 0.100. The van der Waals surface area contributed by atoms with Gasteiger partial charge in [0.2, 0.25) is 5.78 Å². The van der Waals surface area contributed by atoms with Crippen molar-refractivity contribution in [1.29, 1.82) is 0 Å². The van der Waals surface area contributed by atoms with Crippen LogP contribution >= 0.6 is 0 Å². The molecule has 0 radical (unpaired) electrons. The van der Waals surface area contributed by atoms with Crippen molar-refractivity contribution in [3.05, 3.63) is 47.0 Å². The van der Waals surface area contributed by atoms with E-state index in [-0.39, 0.29) is 17.3 Å². The van der Waals surface area contributed by atoms with Gasteiger partial charge in [0.25, 0.3) is 0 Å². The Morgan fingerprint density at radius 3 is 2.87 bits per heavy atom. The molecule has 1 N–H and O–H groups in total. The number of aromatic nitrogens is 3. The minimum Gasteiger partial charge on any atom is -0.287 e. The highest BCUT2D eigenvalue weighted by molar-refractivity contribution is 6.08. The lowest BCUT2D eigenvalue weighted by molar-refractivity contribution is 0.103. The van der Waals surface area contributed by atoms with Crippen molar-refractivity contribution in [3.63, 3.8) is 0 Å². The van der Waals surface area contributed by atoms with Crippen LogP contribution in [0.2, 0.25) is 0 Å². The third kappa shape index (κ3) is 1.76. The standard InChI is InChI=1S/C10H8FN3O/c1-6-4-7(11)2-3-8(6)10(15)9-5-12-14-13-9/h2-5H,1H3,(H,12,13,14). The fourth-order valence-corrected chi connectivity index (χ4v) is 1.33. The van der Waals surface area contributed by atoms with Gasteiger partial charge in [0, 0.05) is 5.56 Å². The highest BCUT2D eigenvalue weighted by Crippen LogP contribution is 2.13. The quantitative estimate of drug-likeness (QED) is 0.755. The maximum atomic E-state index is 12.8. The lowest BCUT2D eigenvalue weighted by atomic mass is 10.0. The van der Waals surface area contributed by atoms with E-state index in [1.807, 2.05) is 0 Å². The van der Waals surface area contributed by atoms with Crippen LogP contribution in [-0.4, -0.2) is 21.2 Å². The average Bonchev–Trinajstić information content (AvgIpc) is 2.69. The van der Waals surface area contributed by atoms with Crippen LogP contribution in [0.5, 0.6) is 0 Å². The lowest BCUT2D eigenvalue weighted by Crippen LogP contribution is -2.04. The number of benzene rings is 1. The van der Waals surface area contributed by atoms with E-state index >= 15 is 0 Å². The number of halogens is 1. The molecule has 0 amide bonds. The van der Waals surface area contributed by atoms with Crippen LogP contribution in [0.1, 0.15) is 21.6 Å². The molecular formula is C10H8FN3O. The highest BCUT2D eigenvalue weighted by Gasteiger charge is 2.14. The zero-order valence-electron chi connectivity index (χ0n) is 7.99. The molecule has 76 valence electrons. The van der Waals surface area contributed by atoms with Gasteiger partial charge in [-0.25, -0.2) is 4.39 Å². The molecule has 0 aliphatic carbocycles. The number of ketones is 1. The van der Waals surface area contributed by atoms with Crippen molar-refractivity contribution in [2.45, 2.75) is 6.92 Å². The van der Waals surface area contributed by atoms with Gasteiger partial charge in [-0.2, -0.15) is 15.4 Å². The molecule has 0 aliphatic heterocycles. The van der Waals surface area contributed by atoms with Crippen LogP contribution in [0, 0.1) is 12.7 Å².